The van der Waals surface area contributed by atoms with Crippen LogP contribution in [-0.2, 0) is 0 Å². The zero-order valence-electron chi connectivity index (χ0n) is 12.6. The lowest BCUT2D eigenvalue weighted by Gasteiger charge is -2.14. The van der Waals surface area contributed by atoms with Gasteiger partial charge in [-0.05, 0) is 37.1 Å². The summed E-state index contributed by atoms with van der Waals surface area (Å²) in [6.45, 7) is 7.08. The number of nitrogens with zero attached hydrogens (tertiary/aromatic N) is 3. The molecule has 3 rings (SSSR count). The fourth-order valence-electron chi connectivity index (χ4n) is 2.29. The van der Waals surface area contributed by atoms with Crippen molar-refractivity contribution in [2.75, 3.05) is 6.61 Å². The summed E-state index contributed by atoms with van der Waals surface area (Å²) in [4.78, 5) is 4.36. The highest BCUT2D eigenvalue weighted by Crippen LogP contribution is 2.33. The van der Waals surface area contributed by atoms with Gasteiger partial charge in [0.2, 0.25) is 0 Å². The molecule has 21 heavy (non-hydrogen) atoms. The van der Waals surface area contributed by atoms with Crippen LogP contribution in [0.25, 0.3) is 16.8 Å². The van der Waals surface area contributed by atoms with Gasteiger partial charge in [-0.15, -0.1) is 0 Å². The highest BCUT2D eigenvalue weighted by atomic mass is 16.5. The summed E-state index contributed by atoms with van der Waals surface area (Å²) in [5.74, 6) is 1.38. The summed E-state index contributed by atoms with van der Waals surface area (Å²) in [7, 11) is 0. The van der Waals surface area contributed by atoms with Crippen LogP contribution in [0.3, 0.4) is 0 Å². The maximum Gasteiger partial charge on any atom is 0.163 e. The standard InChI is InChI=1S/C17H19N3O/c1-12(2)10-21-16-7-6-13(3)9-15(16)14-5-4-8-20-17(14)18-11-19-20/h4-9,11-12H,10H2,1-3H3. The van der Waals surface area contributed by atoms with E-state index in [1.54, 1.807) is 10.8 Å². The SMILES string of the molecule is Cc1ccc(OCC(C)C)c(-c2cccn3ncnc23)c1. The average molecular weight is 281 g/mol. The maximum atomic E-state index is 5.98. The summed E-state index contributed by atoms with van der Waals surface area (Å²) >= 11 is 0. The second-order valence-electron chi connectivity index (χ2n) is 5.65. The Balaban J connectivity index is 2.12. The van der Waals surface area contributed by atoms with Crippen LogP contribution in [0, 0.1) is 12.8 Å². The van der Waals surface area contributed by atoms with Gasteiger partial charge in [0, 0.05) is 17.3 Å². The smallest absolute Gasteiger partial charge is 0.163 e. The van der Waals surface area contributed by atoms with Crippen LogP contribution in [0.4, 0.5) is 0 Å². The Labute approximate surface area is 124 Å². The number of rotatable bonds is 4. The molecule has 0 aliphatic carbocycles. The normalized spacial score (nSPS) is 11.2. The van der Waals surface area contributed by atoms with Crippen LogP contribution in [0.1, 0.15) is 19.4 Å². The van der Waals surface area contributed by atoms with E-state index in [0.717, 1.165) is 22.5 Å². The highest BCUT2D eigenvalue weighted by Gasteiger charge is 2.12. The van der Waals surface area contributed by atoms with Crippen molar-refractivity contribution in [3.8, 4) is 16.9 Å². The molecule has 1 aromatic carbocycles. The second kappa shape index (κ2) is 5.56. The van der Waals surface area contributed by atoms with Crippen molar-refractivity contribution in [2.45, 2.75) is 20.8 Å². The van der Waals surface area contributed by atoms with Crippen LogP contribution < -0.4 is 4.74 Å². The Hall–Kier alpha value is -2.36. The molecule has 4 heteroatoms. The molecule has 4 nitrogen and oxygen atoms in total. The molecule has 0 radical (unpaired) electrons. The summed E-state index contributed by atoms with van der Waals surface area (Å²) in [6, 6.07) is 10.3. The number of aromatic nitrogens is 3. The largest absolute Gasteiger partial charge is 0.493 e. The molecule has 0 atom stereocenters. The third-order valence-corrected chi connectivity index (χ3v) is 3.30. The lowest BCUT2D eigenvalue weighted by molar-refractivity contribution is 0.272. The number of pyridine rings is 1. The lowest BCUT2D eigenvalue weighted by atomic mass is 10.0. The van der Waals surface area contributed by atoms with Gasteiger partial charge in [0.05, 0.1) is 6.61 Å². The third-order valence-electron chi connectivity index (χ3n) is 3.30. The summed E-state index contributed by atoms with van der Waals surface area (Å²) in [6.07, 6.45) is 3.47. The molecule has 0 amide bonds. The predicted molar refractivity (Wildman–Crippen MR) is 83.5 cm³/mol. The van der Waals surface area contributed by atoms with Crippen molar-refractivity contribution in [1.29, 1.82) is 0 Å². The van der Waals surface area contributed by atoms with E-state index in [-0.39, 0.29) is 0 Å². The molecular weight excluding hydrogens is 262 g/mol. The van der Waals surface area contributed by atoms with E-state index in [4.69, 9.17) is 4.74 Å². The van der Waals surface area contributed by atoms with Gasteiger partial charge in [-0.1, -0.05) is 25.5 Å². The summed E-state index contributed by atoms with van der Waals surface area (Å²) < 4.78 is 7.76. The van der Waals surface area contributed by atoms with Gasteiger partial charge in [0.15, 0.2) is 5.65 Å². The first-order valence-corrected chi connectivity index (χ1v) is 7.17. The van der Waals surface area contributed by atoms with Crippen molar-refractivity contribution in [1.82, 2.24) is 14.6 Å². The first-order valence-electron chi connectivity index (χ1n) is 7.17. The molecule has 0 spiro atoms. The van der Waals surface area contributed by atoms with Gasteiger partial charge < -0.3 is 4.74 Å². The van der Waals surface area contributed by atoms with Crippen LogP contribution in [0.15, 0.2) is 42.9 Å². The molecule has 0 saturated heterocycles. The molecule has 0 unspecified atom stereocenters. The number of benzene rings is 1. The summed E-state index contributed by atoms with van der Waals surface area (Å²) in [5.41, 5.74) is 4.15. The van der Waals surface area contributed by atoms with E-state index in [1.807, 2.05) is 18.3 Å². The molecule has 0 fully saturated rings. The van der Waals surface area contributed by atoms with Crippen molar-refractivity contribution < 1.29 is 4.74 Å². The van der Waals surface area contributed by atoms with E-state index in [9.17, 15) is 0 Å². The maximum absolute atomic E-state index is 5.98. The van der Waals surface area contributed by atoms with Crippen molar-refractivity contribution >= 4 is 5.65 Å². The number of aryl methyl sites for hydroxylation is 1. The number of hydrogen-bond donors (Lipinski definition) is 0. The molecule has 0 aliphatic rings. The fraction of sp³-hybridized carbons (Fsp3) is 0.294. The molecule has 108 valence electrons. The lowest BCUT2D eigenvalue weighted by Crippen LogP contribution is -2.05. The van der Waals surface area contributed by atoms with Crippen LogP contribution in [0.2, 0.25) is 0 Å². The van der Waals surface area contributed by atoms with Crippen LogP contribution in [-0.4, -0.2) is 21.2 Å². The second-order valence-corrected chi connectivity index (χ2v) is 5.65. The molecule has 2 aromatic heterocycles. The number of hydrogen-bond acceptors (Lipinski definition) is 3. The van der Waals surface area contributed by atoms with Crippen LogP contribution >= 0.6 is 0 Å². The van der Waals surface area contributed by atoms with Crippen molar-refractivity contribution in [3.63, 3.8) is 0 Å². The van der Waals surface area contributed by atoms with Gasteiger partial charge in [-0.25, -0.2) is 9.50 Å². The number of ether oxygens (including phenoxy) is 1. The molecule has 0 aliphatic heterocycles. The van der Waals surface area contributed by atoms with E-state index < -0.39 is 0 Å². The van der Waals surface area contributed by atoms with Crippen LogP contribution in [0.5, 0.6) is 5.75 Å². The minimum Gasteiger partial charge on any atom is -0.493 e. The Kier molecular flexibility index (Phi) is 3.60. The molecule has 0 saturated carbocycles. The molecule has 0 bridgehead atoms. The van der Waals surface area contributed by atoms with E-state index in [0.29, 0.717) is 12.5 Å². The van der Waals surface area contributed by atoms with Gasteiger partial charge >= 0.3 is 0 Å². The minimum absolute atomic E-state index is 0.489. The minimum atomic E-state index is 0.489. The first kappa shape index (κ1) is 13.6. The number of fused-ring (bicyclic) bond motifs is 1. The van der Waals surface area contributed by atoms with E-state index in [1.165, 1.54) is 5.56 Å². The van der Waals surface area contributed by atoms with E-state index >= 15 is 0 Å². The Morgan fingerprint density at radius 1 is 1.19 bits per heavy atom. The summed E-state index contributed by atoms with van der Waals surface area (Å²) in [5, 5.41) is 4.20. The quantitative estimate of drug-likeness (QED) is 0.731. The fourth-order valence-corrected chi connectivity index (χ4v) is 2.29. The van der Waals surface area contributed by atoms with Crippen molar-refractivity contribution in [3.05, 3.63) is 48.4 Å². The Bertz CT molecular complexity index is 762. The first-order chi connectivity index (χ1) is 10.1. The van der Waals surface area contributed by atoms with Crippen molar-refractivity contribution in [2.24, 2.45) is 5.92 Å². The van der Waals surface area contributed by atoms with Gasteiger partial charge in [-0.3, -0.25) is 0 Å². The van der Waals surface area contributed by atoms with Gasteiger partial charge in [-0.2, -0.15) is 5.10 Å². The third kappa shape index (κ3) is 2.75. The predicted octanol–water partition coefficient (Wildman–Crippen LogP) is 3.74. The molecule has 3 aromatic rings. The topological polar surface area (TPSA) is 39.4 Å². The monoisotopic (exact) mass is 281 g/mol. The molecular formula is C17H19N3O. The zero-order valence-corrected chi connectivity index (χ0v) is 12.6. The Morgan fingerprint density at radius 2 is 2.05 bits per heavy atom. The van der Waals surface area contributed by atoms with E-state index in [2.05, 4.69) is 49.1 Å². The highest BCUT2D eigenvalue weighted by molar-refractivity contribution is 5.81. The van der Waals surface area contributed by atoms with Gasteiger partial charge in [0.1, 0.15) is 12.1 Å². The molecule has 2 heterocycles. The zero-order chi connectivity index (χ0) is 14.8. The molecule has 0 N–H and O–H groups in total. The Morgan fingerprint density at radius 3 is 2.86 bits per heavy atom. The average Bonchev–Trinajstić information content (AvgIpc) is 2.94. The van der Waals surface area contributed by atoms with Gasteiger partial charge in [0.25, 0.3) is 0 Å².